The predicted molar refractivity (Wildman–Crippen MR) is 141 cm³/mol. The maximum atomic E-state index is 12.9. The van der Waals surface area contributed by atoms with E-state index in [-0.39, 0.29) is 17.8 Å². The van der Waals surface area contributed by atoms with Crippen LogP contribution in [0.15, 0.2) is 78.0 Å². The van der Waals surface area contributed by atoms with Crippen molar-refractivity contribution >= 4 is 23.4 Å². The van der Waals surface area contributed by atoms with Gasteiger partial charge in [-0.15, -0.1) is 10.2 Å². The Kier molecular flexibility index (Phi) is 7.87. The summed E-state index contributed by atoms with van der Waals surface area (Å²) in [7, 11) is 0. The van der Waals surface area contributed by atoms with E-state index in [4.69, 9.17) is 4.74 Å². The lowest BCUT2D eigenvalue weighted by Gasteiger charge is -2.14. The van der Waals surface area contributed by atoms with Crippen LogP contribution in [0.2, 0.25) is 0 Å². The maximum Gasteiger partial charge on any atom is 0.237 e. The first-order chi connectivity index (χ1) is 16.9. The molecule has 0 saturated heterocycles. The number of carbonyl (C=O) groups excluding carboxylic acids is 1. The molecular formula is C28H30N4O2S. The molecule has 1 unspecified atom stereocenters. The summed E-state index contributed by atoms with van der Waals surface area (Å²) in [4.78, 5) is 12.9. The Hall–Kier alpha value is -3.58. The minimum Gasteiger partial charge on any atom is -0.486 e. The molecule has 6 nitrogen and oxygen atoms in total. The van der Waals surface area contributed by atoms with Gasteiger partial charge in [-0.3, -0.25) is 9.36 Å². The number of aromatic nitrogens is 3. The van der Waals surface area contributed by atoms with Gasteiger partial charge in [0.1, 0.15) is 12.4 Å². The number of nitrogens with zero attached hydrogens (tertiary/aromatic N) is 3. The number of ether oxygens (including phenoxy) is 1. The van der Waals surface area contributed by atoms with E-state index >= 15 is 0 Å². The maximum absolute atomic E-state index is 12.9. The van der Waals surface area contributed by atoms with E-state index in [0.29, 0.717) is 11.0 Å². The van der Waals surface area contributed by atoms with Gasteiger partial charge in [-0.1, -0.05) is 66.2 Å². The van der Waals surface area contributed by atoms with Crippen molar-refractivity contribution < 1.29 is 9.53 Å². The minimum atomic E-state index is -0.375. The van der Waals surface area contributed by atoms with Crippen LogP contribution < -0.4 is 10.1 Å². The molecule has 0 aliphatic heterocycles. The van der Waals surface area contributed by atoms with Crippen molar-refractivity contribution in [1.82, 2.24) is 14.8 Å². The average Bonchev–Trinajstić information content (AvgIpc) is 3.26. The number of thioether (sulfide) groups is 1. The van der Waals surface area contributed by atoms with Gasteiger partial charge < -0.3 is 10.1 Å². The molecule has 0 saturated carbocycles. The molecule has 180 valence electrons. The summed E-state index contributed by atoms with van der Waals surface area (Å²) in [5, 5.41) is 12.1. The molecule has 0 radical (unpaired) electrons. The van der Waals surface area contributed by atoms with Crippen molar-refractivity contribution in [2.45, 2.75) is 51.1 Å². The Morgan fingerprint density at radius 3 is 2.20 bits per heavy atom. The summed E-state index contributed by atoms with van der Waals surface area (Å²) in [5.41, 5.74) is 5.28. The average molecular weight is 487 g/mol. The van der Waals surface area contributed by atoms with Crippen molar-refractivity contribution in [3.05, 3.63) is 95.3 Å². The normalized spacial score (nSPS) is 11.8. The first-order valence-electron chi connectivity index (χ1n) is 11.7. The van der Waals surface area contributed by atoms with Crippen molar-refractivity contribution in [2.24, 2.45) is 0 Å². The number of aryl methyl sites for hydroxylation is 3. The van der Waals surface area contributed by atoms with Crippen LogP contribution in [0.25, 0.3) is 5.69 Å². The monoisotopic (exact) mass is 486 g/mol. The van der Waals surface area contributed by atoms with E-state index in [2.05, 4.69) is 22.4 Å². The molecule has 0 fully saturated rings. The third kappa shape index (κ3) is 6.31. The number of hydrogen-bond donors (Lipinski definition) is 1. The molecule has 35 heavy (non-hydrogen) atoms. The molecule has 7 heteroatoms. The Bertz CT molecular complexity index is 1270. The van der Waals surface area contributed by atoms with Gasteiger partial charge >= 0.3 is 0 Å². The number of nitrogens with one attached hydrogen (secondary N) is 1. The second-order valence-corrected chi connectivity index (χ2v) is 9.78. The lowest BCUT2D eigenvalue weighted by Crippen LogP contribution is -2.23. The SMILES string of the molecule is CCc1ccc(NC(=O)C(C)Sc2nnc(COc3ccc(C)cc3)n2-c2ccc(C)cc2)cc1. The van der Waals surface area contributed by atoms with Gasteiger partial charge in [-0.2, -0.15) is 0 Å². The molecule has 1 aromatic heterocycles. The van der Waals surface area contributed by atoms with Gasteiger partial charge in [0.2, 0.25) is 5.91 Å². The highest BCUT2D eigenvalue weighted by Crippen LogP contribution is 2.27. The number of carbonyl (C=O) groups is 1. The highest BCUT2D eigenvalue weighted by Gasteiger charge is 2.21. The number of hydrogen-bond acceptors (Lipinski definition) is 5. The summed E-state index contributed by atoms with van der Waals surface area (Å²) < 4.78 is 7.94. The van der Waals surface area contributed by atoms with Crippen LogP contribution in [-0.2, 0) is 17.8 Å². The van der Waals surface area contributed by atoms with Gasteiger partial charge in [0.25, 0.3) is 0 Å². The Morgan fingerprint density at radius 2 is 1.57 bits per heavy atom. The van der Waals surface area contributed by atoms with E-state index in [1.165, 1.54) is 22.9 Å². The van der Waals surface area contributed by atoms with E-state index in [0.717, 1.165) is 29.1 Å². The van der Waals surface area contributed by atoms with E-state index in [9.17, 15) is 4.79 Å². The topological polar surface area (TPSA) is 69.0 Å². The van der Waals surface area contributed by atoms with Crippen LogP contribution in [-0.4, -0.2) is 25.9 Å². The molecule has 4 rings (SSSR count). The summed E-state index contributed by atoms with van der Waals surface area (Å²) in [6, 6.07) is 24.0. The molecule has 1 N–H and O–H groups in total. The van der Waals surface area contributed by atoms with Crippen LogP contribution >= 0.6 is 11.8 Å². The molecule has 1 heterocycles. The Balaban J connectivity index is 1.53. The fourth-order valence-electron chi connectivity index (χ4n) is 3.49. The summed E-state index contributed by atoms with van der Waals surface area (Å²) >= 11 is 1.37. The zero-order valence-electron chi connectivity index (χ0n) is 20.5. The second-order valence-electron chi connectivity index (χ2n) is 8.47. The number of benzene rings is 3. The van der Waals surface area contributed by atoms with Crippen LogP contribution in [0.5, 0.6) is 5.75 Å². The quantitative estimate of drug-likeness (QED) is 0.288. The lowest BCUT2D eigenvalue weighted by molar-refractivity contribution is -0.115. The molecule has 3 aromatic carbocycles. The van der Waals surface area contributed by atoms with E-state index < -0.39 is 0 Å². The molecule has 0 bridgehead atoms. The molecule has 0 aliphatic carbocycles. The van der Waals surface area contributed by atoms with Crippen LogP contribution in [0.1, 0.15) is 36.4 Å². The first-order valence-corrected chi connectivity index (χ1v) is 12.6. The van der Waals surface area contributed by atoms with Gasteiger partial charge in [0.05, 0.1) is 5.25 Å². The van der Waals surface area contributed by atoms with E-state index in [1.807, 2.05) is 98.1 Å². The van der Waals surface area contributed by atoms with Gasteiger partial charge in [-0.05, 0) is 69.2 Å². The smallest absolute Gasteiger partial charge is 0.237 e. The Labute approximate surface area is 210 Å². The van der Waals surface area contributed by atoms with Gasteiger partial charge in [0, 0.05) is 11.4 Å². The van der Waals surface area contributed by atoms with Crippen molar-refractivity contribution in [3.8, 4) is 11.4 Å². The summed E-state index contributed by atoms with van der Waals surface area (Å²) in [6.07, 6.45) is 0.963. The zero-order valence-corrected chi connectivity index (χ0v) is 21.3. The van der Waals surface area contributed by atoms with Crippen LogP contribution in [0, 0.1) is 13.8 Å². The minimum absolute atomic E-state index is 0.0878. The predicted octanol–water partition coefficient (Wildman–Crippen LogP) is 6.14. The standard InChI is InChI=1S/C28H30N4O2S/c1-5-22-10-12-23(13-11-22)29-27(33)21(4)35-28-31-30-26(18-34-25-16-8-20(3)9-17-25)32(28)24-14-6-19(2)7-15-24/h6-17,21H,5,18H2,1-4H3,(H,29,33). The molecule has 4 aromatic rings. The van der Waals surface area contributed by atoms with Crippen LogP contribution in [0.4, 0.5) is 5.69 Å². The summed E-state index contributed by atoms with van der Waals surface area (Å²) in [6.45, 7) is 8.33. The zero-order chi connectivity index (χ0) is 24.8. The molecular weight excluding hydrogens is 456 g/mol. The summed E-state index contributed by atoms with van der Waals surface area (Å²) in [5.74, 6) is 1.35. The van der Waals surface area contributed by atoms with Gasteiger partial charge in [0.15, 0.2) is 11.0 Å². The largest absolute Gasteiger partial charge is 0.486 e. The third-order valence-electron chi connectivity index (χ3n) is 5.66. The van der Waals surface area contributed by atoms with Crippen molar-refractivity contribution in [1.29, 1.82) is 0 Å². The fourth-order valence-corrected chi connectivity index (χ4v) is 4.37. The fraction of sp³-hybridized carbons (Fsp3) is 0.250. The van der Waals surface area contributed by atoms with Crippen molar-refractivity contribution in [3.63, 3.8) is 0 Å². The molecule has 0 spiro atoms. The lowest BCUT2D eigenvalue weighted by atomic mass is 10.1. The second kappa shape index (κ2) is 11.2. The van der Waals surface area contributed by atoms with Crippen LogP contribution in [0.3, 0.4) is 0 Å². The third-order valence-corrected chi connectivity index (χ3v) is 6.71. The van der Waals surface area contributed by atoms with E-state index in [1.54, 1.807) is 0 Å². The number of amides is 1. The van der Waals surface area contributed by atoms with Gasteiger partial charge in [-0.25, -0.2) is 0 Å². The first kappa shape index (κ1) is 24.5. The van der Waals surface area contributed by atoms with Crippen molar-refractivity contribution in [2.75, 3.05) is 5.32 Å². The molecule has 0 aliphatic rings. The molecule has 1 amide bonds. The number of anilines is 1. The highest BCUT2D eigenvalue weighted by atomic mass is 32.2. The molecule has 1 atom stereocenters. The highest BCUT2D eigenvalue weighted by molar-refractivity contribution is 8.00. The Morgan fingerprint density at radius 1 is 0.943 bits per heavy atom. The number of rotatable bonds is 9.